The van der Waals surface area contributed by atoms with Crippen molar-refractivity contribution in [1.82, 2.24) is 10.6 Å². The quantitative estimate of drug-likeness (QED) is 0.643. The van der Waals surface area contributed by atoms with E-state index in [1.165, 1.54) is 12.8 Å². The maximum absolute atomic E-state index is 3.91. The molecule has 1 rings (SSSR count). The van der Waals surface area contributed by atoms with Gasteiger partial charge in [0.05, 0.1) is 0 Å². The molecule has 0 bridgehead atoms. The summed E-state index contributed by atoms with van der Waals surface area (Å²) in [6.45, 7) is 13.1. The van der Waals surface area contributed by atoms with E-state index < -0.39 is 0 Å². The second kappa shape index (κ2) is 5.07. The van der Waals surface area contributed by atoms with Crippen LogP contribution in [0.3, 0.4) is 0 Å². The summed E-state index contributed by atoms with van der Waals surface area (Å²) in [5.74, 6) is 0.803. The highest BCUT2D eigenvalue weighted by molar-refractivity contribution is 5.20. The van der Waals surface area contributed by atoms with Crippen molar-refractivity contribution in [3.8, 4) is 0 Å². The fraction of sp³-hybridized carbons (Fsp3) is 0.636. The Kier molecular flexibility index (Phi) is 4.03. The monoisotopic (exact) mass is 180 g/mol. The van der Waals surface area contributed by atoms with Gasteiger partial charge in [-0.25, -0.2) is 0 Å². The normalized spacial score (nSPS) is 18.2. The van der Waals surface area contributed by atoms with Crippen molar-refractivity contribution in [2.24, 2.45) is 5.92 Å². The molecule has 1 heterocycles. The molecule has 0 aromatic carbocycles. The standard InChI is InChI=1S/C11H20N2/c1-9(2)10(3)13-8-11-4-6-12-7-5-11/h11-13H,1,3-8H2,2H3. The van der Waals surface area contributed by atoms with E-state index in [4.69, 9.17) is 0 Å². The highest BCUT2D eigenvalue weighted by Crippen LogP contribution is 2.11. The molecule has 13 heavy (non-hydrogen) atoms. The lowest BCUT2D eigenvalue weighted by molar-refractivity contribution is 0.367. The Morgan fingerprint density at radius 2 is 2.00 bits per heavy atom. The fourth-order valence-corrected chi connectivity index (χ4v) is 1.50. The van der Waals surface area contributed by atoms with Gasteiger partial charge in [0.15, 0.2) is 0 Å². The topological polar surface area (TPSA) is 24.1 Å². The van der Waals surface area contributed by atoms with E-state index in [1.54, 1.807) is 0 Å². The van der Waals surface area contributed by atoms with E-state index in [-0.39, 0.29) is 0 Å². The number of piperidine rings is 1. The zero-order valence-corrected chi connectivity index (χ0v) is 8.53. The Hall–Kier alpha value is -0.760. The minimum Gasteiger partial charge on any atom is -0.385 e. The van der Waals surface area contributed by atoms with Crippen LogP contribution >= 0.6 is 0 Å². The van der Waals surface area contributed by atoms with Crippen LogP contribution in [0.25, 0.3) is 0 Å². The maximum atomic E-state index is 3.91. The molecule has 0 aliphatic carbocycles. The van der Waals surface area contributed by atoms with Crippen molar-refractivity contribution < 1.29 is 0 Å². The second-order valence-corrected chi connectivity index (χ2v) is 3.83. The van der Waals surface area contributed by atoms with Gasteiger partial charge in [-0.3, -0.25) is 0 Å². The van der Waals surface area contributed by atoms with Crippen LogP contribution in [0.15, 0.2) is 24.4 Å². The van der Waals surface area contributed by atoms with E-state index in [2.05, 4.69) is 23.8 Å². The molecule has 1 aliphatic rings. The molecule has 74 valence electrons. The lowest BCUT2D eigenvalue weighted by atomic mass is 9.98. The van der Waals surface area contributed by atoms with Gasteiger partial charge >= 0.3 is 0 Å². The van der Waals surface area contributed by atoms with Crippen molar-refractivity contribution in [2.45, 2.75) is 19.8 Å². The molecule has 1 aliphatic heterocycles. The molecule has 2 heteroatoms. The van der Waals surface area contributed by atoms with E-state index in [0.717, 1.165) is 36.8 Å². The lowest BCUT2D eigenvalue weighted by Gasteiger charge is -2.23. The summed E-state index contributed by atoms with van der Waals surface area (Å²) in [4.78, 5) is 0. The molecule has 0 aromatic heterocycles. The summed E-state index contributed by atoms with van der Waals surface area (Å²) in [6, 6.07) is 0. The average Bonchev–Trinajstić information content (AvgIpc) is 2.15. The van der Waals surface area contributed by atoms with Gasteiger partial charge < -0.3 is 10.6 Å². The van der Waals surface area contributed by atoms with E-state index in [0.29, 0.717) is 0 Å². The number of hydrogen-bond acceptors (Lipinski definition) is 2. The number of hydrogen-bond donors (Lipinski definition) is 2. The minimum absolute atomic E-state index is 0.803. The molecule has 1 fully saturated rings. The van der Waals surface area contributed by atoms with Crippen LogP contribution in [0.4, 0.5) is 0 Å². The Labute approximate surface area is 81.1 Å². The summed E-state index contributed by atoms with van der Waals surface area (Å²) in [6.07, 6.45) is 2.55. The molecule has 0 saturated carbocycles. The molecule has 2 N–H and O–H groups in total. The summed E-state index contributed by atoms with van der Waals surface area (Å²) in [7, 11) is 0. The number of nitrogens with one attached hydrogen (secondary N) is 2. The molecular weight excluding hydrogens is 160 g/mol. The predicted octanol–water partition coefficient (Wildman–Crippen LogP) is 1.67. The van der Waals surface area contributed by atoms with Gasteiger partial charge in [-0.1, -0.05) is 13.2 Å². The number of allylic oxidation sites excluding steroid dienone is 1. The molecule has 1 saturated heterocycles. The fourth-order valence-electron chi connectivity index (χ4n) is 1.50. The first kappa shape index (κ1) is 10.3. The van der Waals surface area contributed by atoms with Gasteiger partial charge in [0.25, 0.3) is 0 Å². The van der Waals surface area contributed by atoms with Gasteiger partial charge in [0.1, 0.15) is 0 Å². The Morgan fingerprint density at radius 1 is 1.38 bits per heavy atom. The molecule has 0 spiro atoms. The summed E-state index contributed by atoms with van der Waals surface area (Å²) < 4.78 is 0. The van der Waals surface area contributed by atoms with Crippen LogP contribution < -0.4 is 10.6 Å². The smallest absolute Gasteiger partial charge is 0.0290 e. The number of rotatable bonds is 4. The molecule has 0 aromatic rings. The Morgan fingerprint density at radius 3 is 2.54 bits per heavy atom. The van der Waals surface area contributed by atoms with Gasteiger partial charge in [0.2, 0.25) is 0 Å². The van der Waals surface area contributed by atoms with Crippen molar-refractivity contribution in [1.29, 1.82) is 0 Å². The van der Waals surface area contributed by atoms with Crippen LogP contribution in [0.2, 0.25) is 0 Å². The van der Waals surface area contributed by atoms with Gasteiger partial charge in [-0.05, 0) is 44.3 Å². The Bertz CT molecular complexity index is 190. The first-order valence-electron chi connectivity index (χ1n) is 4.99. The van der Waals surface area contributed by atoms with Crippen molar-refractivity contribution in [3.63, 3.8) is 0 Å². The van der Waals surface area contributed by atoms with E-state index in [1.807, 2.05) is 6.92 Å². The van der Waals surface area contributed by atoms with Gasteiger partial charge in [0, 0.05) is 12.2 Å². The molecule has 0 amide bonds. The van der Waals surface area contributed by atoms with Crippen LogP contribution in [0.1, 0.15) is 19.8 Å². The second-order valence-electron chi connectivity index (χ2n) is 3.83. The summed E-state index contributed by atoms with van der Waals surface area (Å²) >= 11 is 0. The zero-order valence-electron chi connectivity index (χ0n) is 8.53. The van der Waals surface area contributed by atoms with E-state index >= 15 is 0 Å². The first-order valence-corrected chi connectivity index (χ1v) is 4.99. The third kappa shape index (κ3) is 3.64. The van der Waals surface area contributed by atoms with Gasteiger partial charge in [-0.2, -0.15) is 0 Å². The molecule has 2 nitrogen and oxygen atoms in total. The molecule has 0 unspecified atom stereocenters. The third-order valence-corrected chi connectivity index (χ3v) is 2.58. The van der Waals surface area contributed by atoms with Crippen LogP contribution in [-0.4, -0.2) is 19.6 Å². The summed E-state index contributed by atoms with van der Waals surface area (Å²) in [5.41, 5.74) is 2.02. The van der Waals surface area contributed by atoms with Crippen molar-refractivity contribution in [3.05, 3.63) is 24.4 Å². The summed E-state index contributed by atoms with van der Waals surface area (Å²) in [5, 5.41) is 6.69. The average molecular weight is 180 g/mol. The Balaban J connectivity index is 2.17. The van der Waals surface area contributed by atoms with Crippen molar-refractivity contribution in [2.75, 3.05) is 19.6 Å². The van der Waals surface area contributed by atoms with Crippen LogP contribution in [-0.2, 0) is 0 Å². The first-order chi connectivity index (χ1) is 6.20. The third-order valence-electron chi connectivity index (χ3n) is 2.58. The minimum atomic E-state index is 0.803. The van der Waals surface area contributed by atoms with Crippen molar-refractivity contribution >= 4 is 0 Å². The van der Waals surface area contributed by atoms with Crippen LogP contribution in [0, 0.1) is 5.92 Å². The van der Waals surface area contributed by atoms with Crippen LogP contribution in [0.5, 0.6) is 0 Å². The van der Waals surface area contributed by atoms with E-state index in [9.17, 15) is 0 Å². The molecule has 0 atom stereocenters. The van der Waals surface area contributed by atoms with Gasteiger partial charge in [-0.15, -0.1) is 0 Å². The molecule has 0 radical (unpaired) electrons. The predicted molar refractivity (Wildman–Crippen MR) is 57.6 cm³/mol. The maximum Gasteiger partial charge on any atom is 0.0290 e. The lowest BCUT2D eigenvalue weighted by Crippen LogP contribution is -2.33. The SMILES string of the molecule is C=C(C)C(=C)NCC1CCNCC1. The zero-order chi connectivity index (χ0) is 9.68. The largest absolute Gasteiger partial charge is 0.385 e. The highest BCUT2D eigenvalue weighted by Gasteiger charge is 2.12. The molecular formula is C11H20N2. The highest BCUT2D eigenvalue weighted by atomic mass is 14.9.